The van der Waals surface area contributed by atoms with Gasteiger partial charge in [0, 0.05) is 26.7 Å². The Morgan fingerprint density at radius 1 is 1.41 bits per heavy atom. The number of carbonyl (C=O) groups is 1. The van der Waals surface area contributed by atoms with Crippen molar-refractivity contribution in [2.75, 3.05) is 33.4 Å². The van der Waals surface area contributed by atoms with Gasteiger partial charge in [-0.15, -0.1) is 12.4 Å². The number of methoxy groups -OCH3 is 1. The summed E-state index contributed by atoms with van der Waals surface area (Å²) in [5, 5.41) is 23.1. The average Bonchev–Trinajstić information content (AvgIpc) is 2.87. The fourth-order valence-corrected chi connectivity index (χ4v) is 1.80. The molecule has 3 N–H and O–H groups in total. The second-order valence-corrected chi connectivity index (χ2v) is 4.41. The Kier molecular flexibility index (Phi) is 10.1. The molecule has 126 valence electrons. The second kappa shape index (κ2) is 10.9. The summed E-state index contributed by atoms with van der Waals surface area (Å²) in [6, 6.07) is 0. The van der Waals surface area contributed by atoms with Crippen molar-refractivity contribution in [1.29, 1.82) is 0 Å². The highest BCUT2D eigenvalue weighted by molar-refractivity contribution is 5.96. The average molecular weight is 336 g/mol. The highest BCUT2D eigenvalue weighted by Crippen LogP contribution is 2.22. The predicted octanol–water partition coefficient (Wildman–Crippen LogP) is 0.658. The molecular weight excluding hydrogens is 314 g/mol. The number of H-pyrrole nitrogens is 1. The number of hydrogen-bond donors (Lipinski definition) is 3. The number of amides is 1. The van der Waals surface area contributed by atoms with Crippen molar-refractivity contribution < 1.29 is 14.5 Å². The number of ether oxygens (including phenoxy) is 1. The number of hydrogen-bond acceptors (Lipinski definition) is 6. The largest absolute Gasteiger partial charge is 0.383 e. The molecule has 9 nitrogen and oxygen atoms in total. The summed E-state index contributed by atoms with van der Waals surface area (Å²) >= 11 is 0. The molecular formula is C12H22ClN5O4. The van der Waals surface area contributed by atoms with Crippen LogP contribution in [0.25, 0.3) is 0 Å². The molecule has 0 bridgehead atoms. The summed E-state index contributed by atoms with van der Waals surface area (Å²) in [4.78, 5) is 22.4. The summed E-state index contributed by atoms with van der Waals surface area (Å²) in [5.41, 5.74) is -0.0205. The van der Waals surface area contributed by atoms with Crippen LogP contribution in [0.1, 0.15) is 29.5 Å². The number of halogens is 1. The molecule has 0 aromatic carbocycles. The van der Waals surface area contributed by atoms with Crippen molar-refractivity contribution in [2.45, 2.75) is 19.8 Å². The lowest BCUT2D eigenvalue weighted by atomic mass is 10.2. The number of rotatable bonds is 10. The zero-order chi connectivity index (χ0) is 15.7. The number of aromatic nitrogens is 2. The van der Waals surface area contributed by atoms with Crippen LogP contribution in [0, 0.1) is 10.1 Å². The Bertz CT molecular complexity index is 480. The maximum Gasteiger partial charge on any atom is 0.322 e. The molecule has 0 saturated heterocycles. The lowest BCUT2D eigenvalue weighted by Gasteiger charge is -2.05. The minimum Gasteiger partial charge on any atom is -0.383 e. The fourth-order valence-electron chi connectivity index (χ4n) is 1.80. The van der Waals surface area contributed by atoms with E-state index in [-0.39, 0.29) is 23.8 Å². The summed E-state index contributed by atoms with van der Waals surface area (Å²) in [5.74, 6) is -0.547. The van der Waals surface area contributed by atoms with Gasteiger partial charge in [-0.1, -0.05) is 13.3 Å². The Balaban J connectivity index is 0.00000441. The van der Waals surface area contributed by atoms with E-state index in [0.29, 0.717) is 38.4 Å². The molecule has 0 spiro atoms. The van der Waals surface area contributed by atoms with Crippen LogP contribution < -0.4 is 10.6 Å². The lowest BCUT2D eigenvalue weighted by Crippen LogP contribution is -2.33. The normalized spacial score (nSPS) is 10.1. The van der Waals surface area contributed by atoms with Crippen LogP contribution in [0.4, 0.5) is 5.69 Å². The first-order chi connectivity index (χ1) is 10.1. The molecule has 0 atom stereocenters. The molecule has 22 heavy (non-hydrogen) atoms. The number of nitrogens with zero attached hydrogens (tertiary/aromatic N) is 2. The fraction of sp³-hybridized carbons (Fsp3) is 0.667. The van der Waals surface area contributed by atoms with Gasteiger partial charge in [-0.25, -0.2) is 0 Å². The van der Waals surface area contributed by atoms with Crippen LogP contribution in [-0.4, -0.2) is 54.4 Å². The van der Waals surface area contributed by atoms with E-state index in [9.17, 15) is 14.9 Å². The number of aromatic amines is 1. The zero-order valence-corrected chi connectivity index (χ0v) is 13.5. The third-order valence-electron chi connectivity index (χ3n) is 2.78. The third-order valence-corrected chi connectivity index (χ3v) is 2.78. The van der Waals surface area contributed by atoms with E-state index in [4.69, 9.17) is 4.74 Å². The first kappa shape index (κ1) is 20.3. The van der Waals surface area contributed by atoms with Crippen LogP contribution >= 0.6 is 12.4 Å². The first-order valence-corrected chi connectivity index (χ1v) is 6.81. The van der Waals surface area contributed by atoms with Crippen LogP contribution in [0.2, 0.25) is 0 Å². The van der Waals surface area contributed by atoms with Crippen molar-refractivity contribution in [2.24, 2.45) is 0 Å². The van der Waals surface area contributed by atoms with Gasteiger partial charge >= 0.3 is 5.69 Å². The molecule has 1 amide bonds. The van der Waals surface area contributed by atoms with E-state index < -0.39 is 10.8 Å². The van der Waals surface area contributed by atoms with E-state index in [1.54, 1.807) is 7.11 Å². The minimum absolute atomic E-state index is 0. The van der Waals surface area contributed by atoms with Gasteiger partial charge in [0.25, 0.3) is 5.91 Å². The number of nitrogens with one attached hydrogen (secondary N) is 3. The molecule has 10 heteroatoms. The Morgan fingerprint density at radius 2 is 2.14 bits per heavy atom. The summed E-state index contributed by atoms with van der Waals surface area (Å²) < 4.78 is 4.87. The maximum atomic E-state index is 11.9. The molecule has 1 heterocycles. The van der Waals surface area contributed by atoms with Crippen molar-refractivity contribution in [1.82, 2.24) is 20.8 Å². The SMILES string of the molecule is CCCc1[nH]nc(C(=O)NCCNCCOC)c1[N+](=O)[O-].Cl. The van der Waals surface area contributed by atoms with Gasteiger partial charge in [0.2, 0.25) is 5.69 Å². The molecule has 0 fully saturated rings. The number of nitro groups is 1. The minimum atomic E-state index is -0.569. The number of aryl methyl sites for hydroxylation is 1. The number of carbonyl (C=O) groups excluding carboxylic acids is 1. The van der Waals surface area contributed by atoms with E-state index in [2.05, 4.69) is 20.8 Å². The topological polar surface area (TPSA) is 122 Å². The Morgan fingerprint density at radius 3 is 2.73 bits per heavy atom. The molecule has 1 aromatic rings. The lowest BCUT2D eigenvalue weighted by molar-refractivity contribution is -0.385. The quantitative estimate of drug-likeness (QED) is 0.328. The van der Waals surface area contributed by atoms with Gasteiger partial charge in [-0.05, 0) is 6.42 Å². The Hall–Kier alpha value is -1.71. The van der Waals surface area contributed by atoms with Crippen molar-refractivity contribution in [3.63, 3.8) is 0 Å². The predicted molar refractivity (Wildman–Crippen MR) is 83.6 cm³/mol. The van der Waals surface area contributed by atoms with Gasteiger partial charge in [0.15, 0.2) is 0 Å². The van der Waals surface area contributed by atoms with Crippen molar-refractivity contribution in [3.05, 3.63) is 21.5 Å². The summed E-state index contributed by atoms with van der Waals surface area (Å²) in [6.45, 7) is 4.07. The zero-order valence-electron chi connectivity index (χ0n) is 12.7. The highest BCUT2D eigenvalue weighted by Gasteiger charge is 2.28. The molecule has 0 aliphatic carbocycles. The van der Waals surface area contributed by atoms with Gasteiger partial charge in [-0.2, -0.15) is 5.10 Å². The molecule has 1 rings (SSSR count). The van der Waals surface area contributed by atoms with Crippen LogP contribution in [0.3, 0.4) is 0 Å². The Labute approximate surface area is 134 Å². The van der Waals surface area contributed by atoms with Gasteiger partial charge in [-0.3, -0.25) is 20.0 Å². The van der Waals surface area contributed by atoms with E-state index in [0.717, 1.165) is 6.42 Å². The van der Waals surface area contributed by atoms with E-state index in [1.165, 1.54) is 0 Å². The van der Waals surface area contributed by atoms with Gasteiger partial charge < -0.3 is 15.4 Å². The summed E-state index contributed by atoms with van der Waals surface area (Å²) in [7, 11) is 1.61. The van der Waals surface area contributed by atoms with Gasteiger partial charge in [0.05, 0.1) is 11.5 Å². The van der Waals surface area contributed by atoms with Crippen LogP contribution in [0.5, 0.6) is 0 Å². The summed E-state index contributed by atoms with van der Waals surface area (Å²) in [6.07, 6.45) is 1.21. The monoisotopic (exact) mass is 335 g/mol. The third kappa shape index (κ3) is 5.96. The molecule has 1 aromatic heterocycles. The molecule has 0 aliphatic heterocycles. The molecule has 0 unspecified atom stereocenters. The van der Waals surface area contributed by atoms with Crippen molar-refractivity contribution >= 4 is 24.0 Å². The highest BCUT2D eigenvalue weighted by atomic mass is 35.5. The molecule has 0 saturated carbocycles. The first-order valence-electron chi connectivity index (χ1n) is 6.81. The smallest absolute Gasteiger partial charge is 0.322 e. The maximum absolute atomic E-state index is 11.9. The molecule has 0 aliphatic rings. The van der Waals surface area contributed by atoms with E-state index >= 15 is 0 Å². The van der Waals surface area contributed by atoms with E-state index in [1.807, 2.05) is 6.92 Å². The molecule has 0 radical (unpaired) electrons. The second-order valence-electron chi connectivity index (χ2n) is 4.41. The standard InChI is InChI=1S/C12H21N5O4.ClH/c1-3-4-9-11(17(19)20)10(16-15-9)12(18)14-6-5-13-7-8-21-2;/h13H,3-8H2,1-2H3,(H,14,18)(H,15,16);1H. The van der Waals surface area contributed by atoms with Crippen LogP contribution in [-0.2, 0) is 11.2 Å². The van der Waals surface area contributed by atoms with Crippen LogP contribution in [0.15, 0.2) is 0 Å². The van der Waals surface area contributed by atoms with Gasteiger partial charge in [0.1, 0.15) is 5.69 Å². The van der Waals surface area contributed by atoms with Crippen molar-refractivity contribution in [3.8, 4) is 0 Å².